The Balaban J connectivity index is 2.90. The summed E-state index contributed by atoms with van der Waals surface area (Å²) in [5, 5.41) is 3.35. The summed E-state index contributed by atoms with van der Waals surface area (Å²) in [6, 6.07) is -1.42. The lowest BCUT2D eigenvalue weighted by molar-refractivity contribution is -0.0723. The van der Waals surface area contributed by atoms with Gasteiger partial charge < -0.3 is 0 Å². The summed E-state index contributed by atoms with van der Waals surface area (Å²) in [5.74, 6) is 0. The molecule has 0 saturated heterocycles. The lowest BCUT2D eigenvalue weighted by atomic mass is 10.6. The van der Waals surface area contributed by atoms with Crippen LogP contribution in [0.1, 0.15) is 6.92 Å². The molecule has 0 bridgehead atoms. The van der Waals surface area contributed by atoms with Gasteiger partial charge in [0.1, 0.15) is 0 Å². The van der Waals surface area contributed by atoms with E-state index in [0.717, 1.165) is 6.92 Å². The Labute approximate surface area is 51.1 Å². The number of aromatic nitrogens is 2. The van der Waals surface area contributed by atoms with Crippen LogP contribution in [0.3, 0.4) is 0 Å². The van der Waals surface area contributed by atoms with Gasteiger partial charge in [0.2, 0.25) is 0 Å². The zero-order valence-corrected chi connectivity index (χ0v) is 4.88. The lowest BCUT2D eigenvalue weighted by Crippen LogP contribution is -2.18. The number of alkyl halides is 2. The van der Waals surface area contributed by atoms with E-state index in [1.807, 2.05) is 0 Å². The quantitative estimate of drug-likeness (QED) is 0.565. The Bertz CT molecular complexity index is 175. The van der Waals surface area contributed by atoms with Crippen LogP contribution < -0.4 is 0 Å². The van der Waals surface area contributed by atoms with Crippen molar-refractivity contribution in [2.24, 2.45) is 0 Å². The maximum atomic E-state index is 12.2. The van der Waals surface area contributed by atoms with Crippen molar-refractivity contribution in [1.82, 2.24) is 9.78 Å². The molecule has 0 aliphatic carbocycles. The Hall–Kier alpha value is -0.930. The van der Waals surface area contributed by atoms with E-state index < -0.39 is 6.05 Å². The smallest absolute Gasteiger partial charge is 0.209 e. The summed E-state index contributed by atoms with van der Waals surface area (Å²) in [6.45, 7) is 0.792. The van der Waals surface area contributed by atoms with Crippen molar-refractivity contribution in [3.05, 3.63) is 18.5 Å². The fourth-order valence-electron chi connectivity index (χ4n) is 0.501. The molecule has 50 valence electrons. The van der Waals surface area contributed by atoms with E-state index in [1.165, 1.54) is 18.5 Å². The van der Waals surface area contributed by atoms with Gasteiger partial charge in [0.25, 0.3) is 0 Å². The summed E-state index contributed by atoms with van der Waals surface area (Å²) >= 11 is 0. The zero-order chi connectivity index (χ0) is 6.91. The van der Waals surface area contributed by atoms with Crippen LogP contribution in [0.5, 0.6) is 0 Å². The van der Waals surface area contributed by atoms with Gasteiger partial charge in [-0.25, -0.2) is 4.68 Å². The highest BCUT2D eigenvalue weighted by Crippen LogP contribution is 2.16. The molecule has 1 heterocycles. The Morgan fingerprint density at radius 1 is 1.56 bits per heavy atom. The zero-order valence-electron chi connectivity index (χ0n) is 4.88. The summed E-state index contributed by atoms with van der Waals surface area (Å²) in [4.78, 5) is 0. The van der Waals surface area contributed by atoms with Crippen molar-refractivity contribution in [1.29, 1.82) is 0 Å². The van der Waals surface area contributed by atoms with Crippen LogP contribution in [0.4, 0.5) is 8.78 Å². The molecule has 4 heteroatoms. The van der Waals surface area contributed by atoms with Gasteiger partial charge in [0.05, 0.1) is 0 Å². The highest BCUT2D eigenvalue weighted by atomic mass is 19.3. The van der Waals surface area contributed by atoms with Crippen molar-refractivity contribution in [2.45, 2.75) is 13.0 Å². The lowest BCUT2D eigenvalue weighted by Gasteiger charge is -2.08. The number of hydrogen-bond donors (Lipinski definition) is 0. The molecule has 0 unspecified atom stereocenters. The van der Waals surface area contributed by atoms with Crippen LogP contribution in [0, 0.1) is 0 Å². The van der Waals surface area contributed by atoms with E-state index in [2.05, 4.69) is 5.10 Å². The molecule has 2 nitrogen and oxygen atoms in total. The minimum atomic E-state index is -2.87. The van der Waals surface area contributed by atoms with Crippen LogP contribution in [-0.2, 0) is 6.05 Å². The van der Waals surface area contributed by atoms with Crippen molar-refractivity contribution in [3.8, 4) is 0 Å². The Morgan fingerprint density at radius 3 is 2.44 bits per heavy atom. The van der Waals surface area contributed by atoms with Gasteiger partial charge in [-0.15, -0.1) is 0 Å². The number of hydrogen-bond acceptors (Lipinski definition) is 1. The number of rotatable bonds is 1. The van der Waals surface area contributed by atoms with Crippen molar-refractivity contribution in [3.63, 3.8) is 0 Å². The highest BCUT2D eigenvalue weighted by molar-refractivity contribution is 4.79. The maximum absolute atomic E-state index is 12.2. The van der Waals surface area contributed by atoms with Gasteiger partial charge >= 0.3 is 6.05 Å². The topological polar surface area (TPSA) is 17.8 Å². The minimum absolute atomic E-state index is 0.604. The Kier molecular flexibility index (Phi) is 1.23. The predicted molar refractivity (Wildman–Crippen MR) is 28.1 cm³/mol. The third-order valence-electron chi connectivity index (χ3n) is 0.907. The van der Waals surface area contributed by atoms with E-state index in [-0.39, 0.29) is 0 Å². The van der Waals surface area contributed by atoms with Crippen LogP contribution in [0.2, 0.25) is 0 Å². The minimum Gasteiger partial charge on any atom is -0.209 e. The molecule has 0 atom stereocenters. The fourth-order valence-corrected chi connectivity index (χ4v) is 0.501. The summed E-state index contributed by atoms with van der Waals surface area (Å²) in [6.07, 6.45) is 2.54. The molecule has 0 radical (unpaired) electrons. The molecule has 9 heavy (non-hydrogen) atoms. The van der Waals surface area contributed by atoms with E-state index in [4.69, 9.17) is 0 Å². The van der Waals surface area contributed by atoms with Gasteiger partial charge in [0.15, 0.2) is 0 Å². The molecular formula is C5H6F2N2. The molecule has 0 saturated carbocycles. The molecule has 0 N–H and O–H groups in total. The SMILES string of the molecule is CC(F)(F)n1cccn1. The molecule has 0 fully saturated rings. The first-order valence-electron chi connectivity index (χ1n) is 2.48. The van der Waals surface area contributed by atoms with Crippen molar-refractivity contribution < 1.29 is 8.78 Å². The molecule has 1 aromatic rings. The molecule has 0 aliphatic heterocycles. The van der Waals surface area contributed by atoms with Gasteiger partial charge in [-0.1, -0.05) is 0 Å². The van der Waals surface area contributed by atoms with E-state index in [1.54, 1.807) is 0 Å². The fraction of sp³-hybridized carbons (Fsp3) is 0.400. The largest absolute Gasteiger partial charge is 0.340 e. The molecule has 0 aliphatic rings. The van der Waals surface area contributed by atoms with Crippen LogP contribution in [-0.4, -0.2) is 9.78 Å². The molecule has 1 rings (SSSR count). The van der Waals surface area contributed by atoms with E-state index in [9.17, 15) is 8.78 Å². The summed E-state index contributed by atoms with van der Waals surface area (Å²) < 4.78 is 25.0. The van der Waals surface area contributed by atoms with Crippen molar-refractivity contribution >= 4 is 0 Å². The van der Waals surface area contributed by atoms with Gasteiger partial charge in [-0.05, 0) is 6.07 Å². The average Bonchev–Trinajstić information content (AvgIpc) is 2.08. The van der Waals surface area contributed by atoms with Gasteiger partial charge in [0, 0.05) is 19.3 Å². The molecule has 0 spiro atoms. The third kappa shape index (κ3) is 1.25. The molecule has 0 amide bonds. The van der Waals surface area contributed by atoms with Gasteiger partial charge in [-0.3, -0.25) is 0 Å². The monoisotopic (exact) mass is 132 g/mol. The maximum Gasteiger partial charge on any atom is 0.340 e. The number of nitrogens with zero attached hydrogens (tertiary/aromatic N) is 2. The van der Waals surface area contributed by atoms with Crippen LogP contribution in [0.15, 0.2) is 18.5 Å². The molecular weight excluding hydrogens is 126 g/mol. The van der Waals surface area contributed by atoms with Crippen LogP contribution in [0.25, 0.3) is 0 Å². The normalized spacial score (nSPS) is 11.9. The second kappa shape index (κ2) is 1.79. The molecule has 0 aromatic carbocycles. The van der Waals surface area contributed by atoms with Gasteiger partial charge in [-0.2, -0.15) is 13.9 Å². The standard InChI is InChI=1S/C5H6F2N2/c1-5(6,7)9-4-2-3-8-9/h2-4H,1H3. The van der Waals surface area contributed by atoms with E-state index in [0.29, 0.717) is 4.68 Å². The molecule has 1 aromatic heterocycles. The summed E-state index contributed by atoms with van der Waals surface area (Å²) in [7, 11) is 0. The van der Waals surface area contributed by atoms with Crippen LogP contribution >= 0.6 is 0 Å². The van der Waals surface area contributed by atoms with Crippen molar-refractivity contribution in [2.75, 3.05) is 0 Å². The van der Waals surface area contributed by atoms with E-state index >= 15 is 0 Å². The highest BCUT2D eigenvalue weighted by Gasteiger charge is 2.22. The first-order valence-corrected chi connectivity index (χ1v) is 2.48. The number of halogens is 2. The Morgan fingerprint density at radius 2 is 2.22 bits per heavy atom. The second-order valence-corrected chi connectivity index (χ2v) is 1.79. The first-order chi connectivity index (χ1) is 4.11. The summed E-state index contributed by atoms with van der Waals surface area (Å²) in [5.41, 5.74) is 0. The average molecular weight is 132 g/mol. The first kappa shape index (κ1) is 6.19. The third-order valence-corrected chi connectivity index (χ3v) is 0.907. The second-order valence-electron chi connectivity index (χ2n) is 1.79. The predicted octanol–water partition coefficient (Wildman–Crippen LogP) is 1.45.